The van der Waals surface area contributed by atoms with Gasteiger partial charge in [0.25, 0.3) is 5.69 Å². The monoisotopic (exact) mass is 241 g/mol. The van der Waals surface area contributed by atoms with Crippen molar-refractivity contribution >= 4 is 23.1 Å². The molecule has 86 valence electrons. The Kier molecular flexibility index (Phi) is 3.33. The standard InChI is InChI=1S/C11H12ClNO3/c1-11(2,3)10(14)8-6-7(12)4-5-9(8)13(15)16/h4-6H,1-3H3. The van der Waals surface area contributed by atoms with Crippen molar-refractivity contribution in [2.45, 2.75) is 20.8 Å². The van der Waals surface area contributed by atoms with Crippen LogP contribution in [0.2, 0.25) is 5.02 Å². The van der Waals surface area contributed by atoms with Gasteiger partial charge in [0.2, 0.25) is 0 Å². The topological polar surface area (TPSA) is 60.2 Å². The Morgan fingerprint density at radius 3 is 2.38 bits per heavy atom. The van der Waals surface area contributed by atoms with Crippen LogP contribution >= 0.6 is 11.6 Å². The number of carbonyl (C=O) groups excluding carboxylic acids is 1. The quantitative estimate of drug-likeness (QED) is 0.452. The highest BCUT2D eigenvalue weighted by molar-refractivity contribution is 6.31. The zero-order valence-corrected chi connectivity index (χ0v) is 10.0. The van der Waals surface area contributed by atoms with E-state index >= 15 is 0 Å². The Hall–Kier alpha value is -1.42. The van der Waals surface area contributed by atoms with Crippen LogP contribution < -0.4 is 0 Å². The van der Waals surface area contributed by atoms with E-state index in [1.165, 1.54) is 18.2 Å². The first-order chi connectivity index (χ1) is 7.23. The lowest BCUT2D eigenvalue weighted by Crippen LogP contribution is -2.21. The number of hydrogen-bond donors (Lipinski definition) is 0. The molecule has 0 fully saturated rings. The van der Waals surface area contributed by atoms with Crippen LogP contribution in [-0.4, -0.2) is 10.7 Å². The second kappa shape index (κ2) is 4.22. The summed E-state index contributed by atoms with van der Waals surface area (Å²) in [5.41, 5.74) is -0.815. The van der Waals surface area contributed by atoms with E-state index in [-0.39, 0.29) is 17.0 Å². The van der Waals surface area contributed by atoms with Crippen molar-refractivity contribution in [1.29, 1.82) is 0 Å². The highest BCUT2D eigenvalue weighted by Crippen LogP contribution is 2.29. The third-order valence-electron chi connectivity index (χ3n) is 2.08. The lowest BCUT2D eigenvalue weighted by molar-refractivity contribution is -0.385. The zero-order valence-electron chi connectivity index (χ0n) is 9.28. The van der Waals surface area contributed by atoms with Crippen LogP contribution in [0.1, 0.15) is 31.1 Å². The SMILES string of the molecule is CC(C)(C)C(=O)c1cc(Cl)ccc1[N+](=O)[O-]. The number of rotatable bonds is 2. The van der Waals surface area contributed by atoms with Crippen molar-refractivity contribution in [3.05, 3.63) is 38.9 Å². The Morgan fingerprint density at radius 2 is 1.94 bits per heavy atom. The summed E-state index contributed by atoms with van der Waals surface area (Å²) in [5, 5.41) is 11.1. The van der Waals surface area contributed by atoms with Gasteiger partial charge in [0.1, 0.15) is 0 Å². The fourth-order valence-corrected chi connectivity index (χ4v) is 1.43. The summed E-state index contributed by atoms with van der Waals surface area (Å²) in [6, 6.07) is 3.99. The fourth-order valence-electron chi connectivity index (χ4n) is 1.25. The van der Waals surface area contributed by atoms with E-state index in [9.17, 15) is 14.9 Å². The van der Waals surface area contributed by atoms with Crippen LogP contribution in [0.25, 0.3) is 0 Å². The number of hydrogen-bond acceptors (Lipinski definition) is 3. The first kappa shape index (κ1) is 12.6. The van der Waals surface area contributed by atoms with Crippen molar-refractivity contribution in [3.63, 3.8) is 0 Å². The van der Waals surface area contributed by atoms with Crippen molar-refractivity contribution in [3.8, 4) is 0 Å². The van der Waals surface area contributed by atoms with Gasteiger partial charge in [0.05, 0.1) is 10.5 Å². The Morgan fingerprint density at radius 1 is 1.38 bits per heavy atom. The van der Waals surface area contributed by atoms with Gasteiger partial charge >= 0.3 is 0 Å². The molecule has 0 aliphatic carbocycles. The maximum absolute atomic E-state index is 12.0. The third-order valence-corrected chi connectivity index (χ3v) is 2.32. The number of benzene rings is 1. The van der Waals surface area contributed by atoms with E-state index in [2.05, 4.69) is 0 Å². The van der Waals surface area contributed by atoms with E-state index < -0.39 is 10.3 Å². The van der Waals surface area contributed by atoms with Crippen molar-refractivity contribution in [2.75, 3.05) is 0 Å². The normalized spacial score (nSPS) is 11.2. The predicted octanol–water partition coefficient (Wildman–Crippen LogP) is 3.48. The largest absolute Gasteiger partial charge is 0.293 e. The smallest absolute Gasteiger partial charge is 0.280 e. The summed E-state index contributed by atoms with van der Waals surface area (Å²) in [7, 11) is 0. The summed E-state index contributed by atoms with van der Waals surface area (Å²) in [6.07, 6.45) is 0. The summed E-state index contributed by atoms with van der Waals surface area (Å²) >= 11 is 5.74. The maximum atomic E-state index is 12.0. The molecule has 0 bridgehead atoms. The predicted molar refractivity (Wildman–Crippen MR) is 61.9 cm³/mol. The van der Waals surface area contributed by atoms with Gasteiger partial charge in [-0.05, 0) is 12.1 Å². The molecule has 0 aromatic heterocycles. The van der Waals surface area contributed by atoms with Crippen molar-refractivity contribution in [2.24, 2.45) is 5.41 Å². The average Bonchev–Trinajstić information content (AvgIpc) is 2.14. The number of nitrogens with zero attached hydrogens (tertiary/aromatic N) is 1. The molecule has 0 heterocycles. The second-order valence-corrected chi connectivity index (χ2v) is 4.93. The average molecular weight is 242 g/mol. The summed E-state index contributed by atoms with van der Waals surface area (Å²) in [4.78, 5) is 22.2. The molecule has 0 N–H and O–H groups in total. The van der Waals surface area contributed by atoms with E-state index in [1.54, 1.807) is 20.8 Å². The summed E-state index contributed by atoms with van der Waals surface area (Å²) in [5.74, 6) is -0.290. The lowest BCUT2D eigenvalue weighted by atomic mass is 9.86. The molecule has 0 aliphatic rings. The first-order valence-corrected chi connectivity index (χ1v) is 5.10. The minimum atomic E-state index is -0.671. The van der Waals surface area contributed by atoms with Gasteiger partial charge in [0.15, 0.2) is 5.78 Å². The number of nitro benzene ring substituents is 1. The van der Waals surface area contributed by atoms with Crippen LogP contribution in [0.4, 0.5) is 5.69 Å². The first-order valence-electron chi connectivity index (χ1n) is 4.72. The van der Waals surface area contributed by atoms with E-state index in [0.717, 1.165) is 0 Å². The molecule has 0 unspecified atom stereocenters. The number of Topliss-reactive ketones (excluding diaryl/α,β-unsaturated/α-hetero) is 1. The molecule has 0 spiro atoms. The molecule has 0 amide bonds. The molecule has 0 radical (unpaired) electrons. The van der Waals surface area contributed by atoms with Gasteiger partial charge in [-0.25, -0.2) is 0 Å². The molecular weight excluding hydrogens is 230 g/mol. The van der Waals surface area contributed by atoms with Crippen LogP contribution in [0.3, 0.4) is 0 Å². The van der Waals surface area contributed by atoms with Gasteiger partial charge in [-0.2, -0.15) is 0 Å². The molecular formula is C11H12ClNO3. The molecule has 0 saturated heterocycles. The molecule has 16 heavy (non-hydrogen) atoms. The minimum Gasteiger partial charge on any atom is -0.293 e. The lowest BCUT2D eigenvalue weighted by Gasteiger charge is -2.16. The molecule has 4 nitrogen and oxygen atoms in total. The van der Waals surface area contributed by atoms with E-state index in [1.807, 2.05) is 0 Å². The minimum absolute atomic E-state index is 0.0602. The Balaban J connectivity index is 3.36. The summed E-state index contributed by atoms with van der Waals surface area (Å²) < 4.78 is 0. The molecule has 0 aliphatic heterocycles. The van der Waals surface area contributed by atoms with Crippen LogP contribution in [-0.2, 0) is 0 Å². The van der Waals surface area contributed by atoms with Gasteiger partial charge in [-0.1, -0.05) is 32.4 Å². The van der Waals surface area contributed by atoms with Gasteiger partial charge in [-0.3, -0.25) is 14.9 Å². The van der Waals surface area contributed by atoms with E-state index in [4.69, 9.17) is 11.6 Å². The van der Waals surface area contributed by atoms with Crippen molar-refractivity contribution in [1.82, 2.24) is 0 Å². The second-order valence-electron chi connectivity index (χ2n) is 4.50. The highest BCUT2D eigenvalue weighted by Gasteiger charge is 2.29. The highest BCUT2D eigenvalue weighted by atomic mass is 35.5. The maximum Gasteiger partial charge on any atom is 0.280 e. The van der Waals surface area contributed by atoms with E-state index in [0.29, 0.717) is 5.02 Å². The van der Waals surface area contributed by atoms with Crippen LogP contribution in [0.15, 0.2) is 18.2 Å². The number of halogens is 1. The van der Waals surface area contributed by atoms with Crippen LogP contribution in [0.5, 0.6) is 0 Å². The van der Waals surface area contributed by atoms with Crippen LogP contribution in [0, 0.1) is 15.5 Å². The zero-order chi connectivity index (χ0) is 12.5. The molecule has 0 saturated carbocycles. The molecule has 5 heteroatoms. The van der Waals surface area contributed by atoms with Gasteiger partial charge in [-0.15, -0.1) is 0 Å². The third kappa shape index (κ3) is 2.58. The molecule has 1 aromatic carbocycles. The molecule has 1 aromatic rings. The number of ketones is 1. The Labute approximate surface area is 98.4 Å². The molecule has 1 rings (SSSR count). The Bertz CT molecular complexity index is 449. The van der Waals surface area contributed by atoms with Crippen molar-refractivity contribution < 1.29 is 9.72 Å². The molecule has 0 atom stereocenters. The fraction of sp³-hybridized carbons (Fsp3) is 0.364. The number of nitro groups is 1. The van der Waals surface area contributed by atoms with Gasteiger partial charge in [0, 0.05) is 16.5 Å². The number of carbonyl (C=O) groups is 1. The summed E-state index contributed by atoms with van der Waals surface area (Å²) in [6.45, 7) is 5.12. The van der Waals surface area contributed by atoms with Gasteiger partial charge < -0.3 is 0 Å².